The molecule has 0 bridgehead atoms. The van der Waals surface area contributed by atoms with E-state index in [2.05, 4.69) is 39.3 Å². The lowest BCUT2D eigenvalue weighted by molar-refractivity contribution is -0.0284. The van der Waals surface area contributed by atoms with Crippen molar-refractivity contribution in [1.82, 2.24) is 20.4 Å². The SMILES string of the molecule is CN=C(NCCCCN1CCCC1)NCC1CN(CC(C)C)CCO1. The van der Waals surface area contributed by atoms with Crippen LogP contribution in [0, 0.1) is 5.92 Å². The van der Waals surface area contributed by atoms with Crippen LogP contribution in [0.2, 0.25) is 0 Å². The molecule has 2 saturated heterocycles. The van der Waals surface area contributed by atoms with Gasteiger partial charge in [0, 0.05) is 39.8 Å². The van der Waals surface area contributed by atoms with E-state index in [9.17, 15) is 0 Å². The zero-order valence-electron chi connectivity index (χ0n) is 16.6. The lowest BCUT2D eigenvalue weighted by Gasteiger charge is -2.34. The zero-order valence-corrected chi connectivity index (χ0v) is 16.6. The van der Waals surface area contributed by atoms with E-state index in [1.165, 1.54) is 45.3 Å². The summed E-state index contributed by atoms with van der Waals surface area (Å²) in [4.78, 5) is 9.42. The van der Waals surface area contributed by atoms with Crippen LogP contribution in [0.15, 0.2) is 4.99 Å². The number of morpholine rings is 1. The molecule has 2 fully saturated rings. The average molecular weight is 354 g/mol. The monoisotopic (exact) mass is 353 g/mol. The molecule has 2 N–H and O–H groups in total. The first kappa shape index (κ1) is 20.5. The van der Waals surface area contributed by atoms with Gasteiger partial charge in [-0.15, -0.1) is 0 Å². The molecule has 25 heavy (non-hydrogen) atoms. The lowest BCUT2D eigenvalue weighted by atomic mass is 10.2. The highest BCUT2D eigenvalue weighted by molar-refractivity contribution is 5.79. The van der Waals surface area contributed by atoms with Crippen LogP contribution in [0.4, 0.5) is 0 Å². The number of aliphatic imine (C=N–C) groups is 1. The van der Waals surface area contributed by atoms with Gasteiger partial charge in [0.05, 0.1) is 12.7 Å². The molecule has 0 aromatic heterocycles. The molecule has 2 heterocycles. The standard InChI is InChI=1S/C19H39N5O/c1-17(2)15-24-12-13-25-18(16-24)14-22-19(20-3)21-8-4-5-9-23-10-6-7-11-23/h17-18H,4-16H2,1-3H3,(H2,20,21,22). The number of likely N-dealkylation sites (tertiary alicyclic amines) is 1. The molecule has 6 heteroatoms. The predicted molar refractivity (Wildman–Crippen MR) is 105 cm³/mol. The fraction of sp³-hybridized carbons (Fsp3) is 0.947. The first-order chi connectivity index (χ1) is 12.2. The Morgan fingerprint density at radius 2 is 1.92 bits per heavy atom. The van der Waals surface area contributed by atoms with Gasteiger partial charge >= 0.3 is 0 Å². The van der Waals surface area contributed by atoms with E-state index in [-0.39, 0.29) is 6.10 Å². The van der Waals surface area contributed by atoms with Gasteiger partial charge in [0.2, 0.25) is 0 Å². The van der Waals surface area contributed by atoms with E-state index < -0.39 is 0 Å². The second-order valence-corrected chi connectivity index (χ2v) is 7.78. The van der Waals surface area contributed by atoms with Crippen molar-refractivity contribution in [3.63, 3.8) is 0 Å². The summed E-state index contributed by atoms with van der Waals surface area (Å²) < 4.78 is 5.89. The summed E-state index contributed by atoms with van der Waals surface area (Å²) in [5.41, 5.74) is 0. The van der Waals surface area contributed by atoms with Crippen LogP contribution >= 0.6 is 0 Å². The molecule has 0 amide bonds. The van der Waals surface area contributed by atoms with Crippen molar-refractivity contribution in [2.24, 2.45) is 10.9 Å². The van der Waals surface area contributed by atoms with E-state index >= 15 is 0 Å². The van der Waals surface area contributed by atoms with Crippen molar-refractivity contribution in [2.45, 2.75) is 45.6 Å². The Balaban J connectivity index is 1.54. The highest BCUT2D eigenvalue weighted by Crippen LogP contribution is 2.08. The van der Waals surface area contributed by atoms with Crippen LogP contribution < -0.4 is 10.6 Å². The van der Waals surface area contributed by atoms with Gasteiger partial charge in [0.1, 0.15) is 0 Å². The smallest absolute Gasteiger partial charge is 0.191 e. The van der Waals surface area contributed by atoms with Crippen LogP contribution in [-0.4, -0.2) is 87.9 Å². The van der Waals surface area contributed by atoms with Gasteiger partial charge in [-0.25, -0.2) is 0 Å². The van der Waals surface area contributed by atoms with E-state index in [0.29, 0.717) is 5.92 Å². The summed E-state index contributed by atoms with van der Waals surface area (Å²) in [6, 6.07) is 0. The molecule has 2 aliphatic heterocycles. The lowest BCUT2D eigenvalue weighted by Crippen LogP contribution is -2.50. The number of ether oxygens (including phenoxy) is 1. The molecule has 146 valence electrons. The third kappa shape index (κ3) is 8.38. The van der Waals surface area contributed by atoms with Crippen LogP contribution in [-0.2, 0) is 4.74 Å². The van der Waals surface area contributed by atoms with Crippen molar-refractivity contribution >= 4 is 5.96 Å². The molecule has 0 spiro atoms. The molecule has 1 unspecified atom stereocenters. The topological polar surface area (TPSA) is 52.1 Å². The summed E-state index contributed by atoms with van der Waals surface area (Å²) >= 11 is 0. The number of nitrogens with one attached hydrogen (secondary N) is 2. The Morgan fingerprint density at radius 1 is 1.12 bits per heavy atom. The maximum absolute atomic E-state index is 5.89. The maximum Gasteiger partial charge on any atom is 0.191 e. The summed E-state index contributed by atoms with van der Waals surface area (Å²) in [6.45, 7) is 14.3. The Morgan fingerprint density at radius 3 is 2.64 bits per heavy atom. The number of guanidine groups is 1. The normalized spacial score (nSPS) is 23.4. The molecular weight excluding hydrogens is 314 g/mol. The quantitative estimate of drug-likeness (QED) is 0.373. The fourth-order valence-electron chi connectivity index (χ4n) is 3.69. The molecule has 0 radical (unpaired) electrons. The third-order valence-corrected chi connectivity index (χ3v) is 4.96. The van der Waals surface area contributed by atoms with Gasteiger partial charge in [-0.05, 0) is 51.2 Å². The van der Waals surface area contributed by atoms with Crippen molar-refractivity contribution < 1.29 is 4.74 Å². The van der Waals surface area contributed by atoms with Gasteiger partial charge in [-0.3, -0.25) is 9.89 Å². The Bertz CT molecular complexity index is 382. The molecule has 0 aliphatic carbocycles. The van der Waals surface area contributed by atoms with Crippen LogP contribution in [0.1, 0.15) is 39.5 Å². The van der Waals surface area contributed by atoms with E-state index in [0.717, 1.165) is 45.3 Å². The summed E-state index contributed by atoms with van der Waals surface area (Å²) in [6.07, 6.45) is 5.47. The first-order valence-corrected chi connectivity index (χ1v) is 10.2. The Hall–Kier alpha value is -0.850. The number of nitrogens with zero attached hydrogens (tertiary/aromatic N) is 3. The second-order valence-electron chi connectivity index (χ2n) is 7.78. The second kappa shape index (κ2) is 11.7. The molecular formula is C19H39N5O. The highest BCUT2D eigenvalue weighted by Gasteiger charge is 2.21. The molecule has 0 saturated carbocycles. The van der Waals surface area contributed by atoms with Crippen molar-refractivity contribution in [1.29, 1.82) is 0 Å². The van der Waals surface area contributed by atoms with Crippen LogP contribution in [0.25, 0.3) is 0 Å². The molecule has 6 nitrogen and oxygen atoms in total. The van der Waals surface area contributed by atoms with Gasteiger partial charge in [0.15, 0.2) is 5.96 Å². The van der Waals surface area contributed by atoms with Gasteiger partial charge in [0.25, 0.3) is 0 Å². The Labute approximate surface area is 154 Å². The van der Waals surface area contributed by atoms with E-state index in [1.807, 2.05) is 7.05 Å². The maximum atomic E-state index is 5.89. The van der Waals surface area contributed by atoms with Crippen molar-refractivity contribution in [3.8, 4) is 0 Å². The van der Waals surface area contributed by atoms with Gasteiger partial charge in [-0.1, -0.05) is 13.8 Å². The van der Waals surface area contributed by atoms with E-state index in [4.69, 9.17) is 4.74 Å². The summed E-state index contributed by atoms with van der Waals surface area (Å²) in [5, 5.41) is 6.85. The predicted octanol–water partition coefficient (Wildman–Crippen LogP) is 1.38. The minimum atomic E-state index is 0.251. The van der Waals surface area contributed by atoms with Crippen molar-refractivity contribution in [2.75, 3.05) is 66.0 Å². The molecule has 0 aromatic rings. The molecule has 1 atom stereocenters. The molecule has 2 aliphatic rings. The molecule has 0 aromatic carbocycles. The highest BCUT2D eigenvalue weighted by atomic mass is 16.5. The minimum Gasteiger partial charge on any atom is -0.374 e. The summed E-state index contributed by atoms with van der Waals surface area (Å²) in [7, 11) is 1.84. The number of hydrogen-bond donors (Lipinski definition) is 2. The molecule has 2 rings (SSSR count). The van der Waals surface area contributed by atoms with Crippen LogP contribution in [0.3, 0.4) is 0 Å². The third-order valence-electron chi connectivity index (χ3n) is 4.96. The summed E-state index contributed by atoms with van der Waals surface area (Å²) in [5.74, 6) is 1.60. The number of hydrogen-bond acceptors (Lipinski definition) is 4. The van der Waals surface area contributed by atoms with Gasteiger partial charge < -0.3 is 20.3 Å². The fourth-order valence-corrected chi connectivity index (χ4v) is 3.69. The first-order valence-electron chi connectivity index (χ1n) is 10.2. The van der Waals surface area contributed by atoms with Crippen LogP contribution in [0.5, 0.6) is 0 Å². The Kier molecular flexibility index (Phi) is 9.58. The zero-order chi connectivity index (χ0) is 17.9. The van der Waals surface area contributed by atoms with E-state index in [1.54, 1.807) is 0 Å². The largest absolute Gasteiger partial charge is 0.374 e. The number of rotatable bonds is 9. The number of unbranched alkanes of at least 4 members (excludes halogenated alkanes) is 1. The van der Waals surface area contributed by atoms with Gasteiger partial charge in [-0.2, -0.15) is 0 Å². The minimum absolute atomic E-state index is 0.251. The average Bonchev–Trinajstić information content (AvgIpc) is 3.10. The van der Waals surface area contributed by atoms with Crippen molar-refractivity contribution in [3.05, 3.63) is 0 Å².